The second-order valence-corrected chi connectivity index (χ2v) is 5.28. The van der Waals surface area contributed by atoms with Gasteiger partial charge in [0.1, 0.15) is 5.82 Å². The highest BCUT2D eigenvalue weighted by atomic mass is 35.5. The lowest BCUT2D eigenvalue weighted by molar-refractivity contribution is 0.606. The Labute approximate surface area is 99.6 Å². The van der Waals surface area contributed by atoms with E-state index >= 15 is 0 Å². The molecule has 0 saturated heterocycles. The molecule has 1 aromatic rings. The molecule has 1 fully saturated rings. The van der Waals surface area contributed by atoms with Crippen LogP contribution >= 0.6 is 23.4 Å². The smallest absolute Gasteiger partial charge is 0.225 e. The standard InChI is InChI=1S/C10H16ClN3S/c1-15-7-3-2-6-14-9(8-4-5-8)12-13-10(14)11/h8H,2-7H2,1H3. The van der Waals surface area contributed by atoms with E-state index in [1.165, 1.54) is 31.4 Å². The van der Waals surface area contributed by atoms with Crippen LogP contribution in [0.25, 0.3) is 0 Å². The fourth-order valence-corrected chi connectivity index (χ4v) is 2.36. The van der Waals surface area contributed by atoms with E-state index in [0.717, 1.165) is 12.4 Å². The van der Waals surface area contributed by atoms with Gasteiger partial charge in [0.25, 0.3) is 0 Å². The van der Waals surface area contributed by atoms with Crippen LogP contribution < -0.4 is 0 Å². The molecule has 2 rings (SSSR count). The average molecular weight is 246 g/mol. The third kappa shape index (κ3) is 2.88. The van der Waals surface area contributed by atoms with Crippen molar-refractivity contribution in [3.63, 3.8) is 0 Å². The molecule has 3 nitrogen and oxygen atoms in total. The zero-order chi connectivity index (χ0) is 10.7. The summed E-state index contributed by atoms with van der Waals surface area (Å²) in [6.45, 7) is 0.970. The van der Waals surface area contributed by atoms with Gasteiger partial charge in [-0.05, 0) is 49.3 Å². The summed E-state index contributed by atoms with van der Waals surface area (Å²) in [4.78, 5) is 0. The van der Waals surface area contributed by atoms with E-state index in [9.17, 15) is 0 Å². The van der Waals surface area contributed by atoms with Crippen molar-refractivity contribution in [3.8, 4) is 0 Å². The summed E-state index contributed by atoms with van der Waals surface area (Å²) in [5, 5.41) is 8.66. The third-order valence-electron chi connectivity index (χ3n) is 2.66. The van der Waals surface area contributed by atoms with Gasteiger partial charge in [0.2, 0.25) is 5.28 Å². The van der Waals surface area contributed by atoms with Gasteiger partial charge in [-0.25, -0.2) is 0 Å². The van der Waals surface area contributed by atoms with E-state index < -0.39 is 0 Å². The minimum Gasteiger partial charge on any atom is -0.302 e. The number of aromatic nitrogens is 3. The third-order valence-corrected chi connectivity index (χ3v) is 3.63. The van der Waals surface area contributed by atoms with Crippen molar-refractivity contribution in [2.45, 2.75) is 38.1 Å². The molecule has 5 heteroatoms. The van der Waals surface area contributed by atoms with Crippen molar-refractivity contribution in [3.05, 3.63) is 11.1 Å². The predicted molar refractivity (Wildman–Crippen MR) is 64.6 cm³/mol. The summed E-state index contributed by atoms with van der Waals surface area (Å²) in [5.41, 5.74) is 0. The van der Waals surface area contributed by atoms with Crippen LogP contribution in [-0.4, -0.2) is 26.8 Å². The molecule has 0 spiro atoms. The number of rotatable bonds is 6. The molecule has 0 unspecified atom stereocenters. The minimum atomic E-state index is 0.557. The second-order valence-electron chi connectivity index (χ2n) is 3.95. The first kappa shape index (κ1) is 11.3. The molecule has 15 heavy (non-hydrogen) atoms. The fourth-order valence-electron chi connectivity index (χ4n) is 1.66. The molecule has 0 aliphatic heterocycles. The number of halogens is 1. The van der Waals surface area contributed by atoms with Gasteiger partial charge in [0.15, 0.2) is 0 Å². The van der Waals surface area contributed by atoms with Crippen molar-refractivity contribution in [2.75, 3.05) is 12.0 Å². The summed E-state index contributed by atoms with van der Waals surface area (Å²) in [7, 11) is 0. The number of unbranched alkanes of at least 4 members (excludes halogenated alkanes) is 1. The Morgan fingerprint density at radius 1 is 1.40 bits per heavy atom. The Kier molecular flexibility index (Phi) is 3.92. The lowest BCUT2D eigenvalue weighted by atomic mass is 10.3. The lowest BCUT2D eigenvalue weighted by Gasteiger charge is -2.06. The SMILES string of the molecule is CSCCCCn1c(Cl)nnc1C1CC1. The van der Waals surface area contributed by atoms with Crippen molar-refractivity contribution < 1.29 is 0 Å². The summed E-state index contributed by atoms with van der Waals surface area (Å²) >= 11 is 7.91. The molecule has 0 bridgehead atoms. The fraction of sp³-hybridized carbons (Fsp3) is 0.800. The molecule has 0 N–H and O–H groups in total. The van der Waals surface area contributed by atoms with Gasteiger partial charge in [-0.2, -0.15) is 11.8 Å². The van der Waals surface area contributed by atoms with Crippen molar-refractivity contribution >= 4 is 23.4 Å². The maximum atomic E-state index is 6.01. The molecular weight excluding hydrogens is 230 g/mol. The van der Waals surface area contributed by atoms with Crippen LogP contribution in [-0.2, 0) is 6.54 Å². The van der Waals surface area contributed by atoms with Gasteiger partial charge < -0.3 is 4.57 Å². The van der Waals surface area contributed by atoms with Gasteiger partial charge in [0, 0.05) is 12.5 Å². The van der Waals surface area contributed by atoms with Crippen LogP contribution in [0.15, 0.2) is 0 Å². The highest BCUT2D eigenvalue weighted by molar-refractivity contribution is 7.98. The Morgan fingerprint density at radius 3 is 2.87 bits per heavy atom. The summed E-state index contributed by atoms with van der Waals surface area (Å²) in [5.74, 6) is 2.95. The van der Waals surface area contributed by atoms with Crippen LogP contribution in [0.1, 0.15) is 37.4 Å². The van der Waals surface area contributed by atoms with E-state index in [1.807, 2.05) is 11.8 Å². The first-order valence-corrected chi connectivity index (χ1v) is 7.17. The van der Waals surface area contributed by atoms with Gasteiger partial charge in [-0.15, -0.1) is 10.2 Å². The monoisotopic (exact) mass is 245 g/mol. The van der Waals surface area contributed by atoms with Crippen LogP contribution in [0.4, 0.5) is 0 Å². The van der Waals surface area contributed by atoms with E-state index in [1.54, 1.807) is 0 Å². The van der Waals surface area contributed by atoms with Crippen molar-refractivity contribution in [1.82, 2.24) is 14.8 Å². The largest absolute Gasteiger partial charge is 0.302 e. The van der Waals surface area contributed by atoms with Gasteiger partial charge in [-0.3, -0.25) is 0 Å². The summed E-state index contributed by atoms with van der Waals surface area (Å²) < 4.78 is 2.08. The van der Waals surface area contributed by atoms with Gasteiger partial charge in [0.05, 0.1) is 0 Å². The van der Waals surface area contributed by atoms with E-state index in [4.69, 9.17) is 11.6 Å². The number of thioether (sulfide) groups is 1. The topological polar surface area (TPSA) is 30.7 Å². The maximum Gasteiger partial charge on any atom is 0.225 e. The maximum absolute atomic E-state index is 6.01. The number of hydrogen-bond donors (Lipinski definition) is 0. The first-order valence-electron chi connectivity index (χ1n) is 5.40. The average Bonchev–Trinajstić information content (AvgIpc) is 3.00. The van der Waals surface area contributed by atoms with Gasteiger partial charge in [-0.1, -0.05) is 0 Å². The quantitative estimate of drug-likeness (QED) is 0.722. The molecule has 1 aliphatic carbocycles. The Morgan fingerprint density at radius 2 is 2.20 bits per heavy atom. The van der Waals surface area contributed by atoms with E-state index in [-0.39, 0.29) is 0 Å². The van der Waals surface area contributed by atoms with Crippen LogP contribution in [0, 0.1) is 0 Å². The Balaban J connectivity index is 1.90. The van der Waals surface area contributed by atoms with Crippen LogP contribution in [0.3, 0.4) is 0 Å². The lowest BCUT2D eigenvalue weighted by Crippen LogP contribution is -2.03. The van der Waals surface area contributed by atoms with Crippen molar-refractivity contribution in [2.24, 2.45) is 0 Å². The second kappa shape index (κ2) is 5.21. The Bertz CT molecular complexity index is 322. The predicted octanol–water partition coefficient (Wildman–Crippen LogP) is 2.95. The van der Waals surface area contributed by atoms with Crippen molar-refractivity contribution in [1.29, 1.82) is 0 Å². The number of hydrogen-bond acceptors (Lipinski definition) is 3. The summed E-state index contributed by atoms with van der Waals surface area (Å²) in [6, 6.07) is 0. The van der Waals surface area contributed by atoms with E-state index in [2.05, 4.69) is 21.0 Å². The molecule has 84 valence electrons. The zero-order valence-electron chi connectivity index (χ0n) is 8.95. The number of nitrogens with zero attached hydrogens (tertiary/aromatic N) is 3. The molecule has 0 radical (unpaired) electrons. The zero-order valence-corrected chi connectivity index (χ0v) is 10.5. The molecule has 1 saturated carbocycles. The minimum absolute atomic E-state index is 0.557. The molecule has 1 heterocycles. The molecule has 0 aromatic carbocycles. The Hall–Kier alpha value is -0.220. The summed E-state index contributed by atoms with van der Waals surface area (Å²) in [6.07, 6.45) is 7.04. The highest BCUT2D eigenvalue weighted by Gasteiger charge is 2.29. The molecular formula is C10H16ClN3S. The van der Waals surface area contributed by atoms with E-state index in [0.29, 0.717) is 11.2 Å². The first-order chi connectivity index (χ1) is 7.33. The molecule has 1 aromatic heterocycles. The molecule has 0 amide bonds. The van der Waals surface area contributed by atoms with Crippen LogP contribution in [0.5, 0.6) is 0 Å². The normalized spacial score (nSPS) is 15.9. The molecule has 0 atom stereocenters. The highest BCUT2D eigenvalue weighted by Crippen LogP contribution is 2.39. The van der Waals surface area contributed by atoms with Gasteiger partial charge >= 0.3 is 0 Å². The van der Waals surface area contributed by atoms with Crippen LogP contribution in [0.2, 0.25) is 5.28 Å². The molecule has 1 aliphatic rings.